The average molecular weight is 422 g/mol. The van der Waals surface area contributed by atoms with E-state index in [1.54, 1.807) is 12.3 Å². The lowest BCUT2D eigenvalue weighted by Gasteiger charge is -2.20. The van der Waals surface area contributed by atoms with Crippen LogP contribution in [-0.2, 0) is 5.41 Å². The highest BCUT2D eigenvalue weighted by molar-refractivity contribution is 5.82. The normalized spacial score (nSPS) is 13.6. The molecular formula is C29H31N3. The van der Waals surface area contributed by atoms with E-state index in [1.807, 2.05) is 86.9 Å². The Labute approximate surface area is 192 Å². The molecule has 3 nitrogen and oxygen atoms in total. The molecule has 0 fully saturated rings. The van der Waals surface area contributed by atoms with E-state index in [1.165, 1.54) is 5.56 Å². The van der Waals surface area contributed by atoms with Gasteiger partial charge in [0.05, 0.1) is 16.9 Å². The van der Waals surface area contributed by atoms with Crippen LogP contribution in [0, 0.1) is 11.3 Å². The second-order valence-electron chi connectivity index (χ2n) is 8.20. The van der Waals surface area contributed by atoms with Crippen LogP contribution in [0.2, 0.25) is 0 Å². The molecule has 0 aliphatic heterocycles. The van der Waals surface area contributed by atoms with Crippen molar-refractivity contribution in [3.63, 3.8) is 0 Å². The van der Waals surface area contributed by atoms with Gasteiger partial charge in [-0.2, -0.15) is 5.26 Å². The van der Waals surface area contributed by atoms with Crippen molar-refractivity contribution in [2.45, 2.75) is 40.0 Å². The summed E-state index contributed by atoms with van der Waals surface area (Å²) in [6.45, 7) is 10.6. The van der Waals surface area contributed by atoms with Crippen molar-refractivity contribution in [1.29, 1.82) is 5.26 Å². The summed E-state index contributed by atoms with van der Waals surface area (Å²) >= 11 is 0. The molecule has 0 spiro atoms. The van der Waals surface area contributed by atoms with Crippen molar-refractivity contribution < 1.29 is 0 Å². The fourth-order valence-corrected chi connectivity index (χ4v) is 3.15. The molecule has 0 aliphatic rings. The van der Waals surface area contributed by atoms with Crippen LogP contribution < -0.4 is 0 Å². The lowest BCUT2D eigenvalue weighted by atomic mass is 9.86. The Hall–Kier alpha value is -3.77. The summed E-state index contributed by atoms with van der Waals surface area (Å²) in [7, 11) is 0. The van der Waals surface area contributed by atoms with Crippen LogP contribution in [-0.4, -0.2) is 12.4 Å². The number of benzene rings is 2. The van der Waals surface area contributed by atoms with Gasteiger partial charge in [0, 0.05) is 12.4 Å². The van der Waals surface area contributed by atoms with Crippen LogP contribution in [0.4, 0.5) is 11.4 Å². The Morgan fingerprint density at radius 3 is 1.81 bits per heavy atom. The molecule has 0 unspecified atom stereocenters. The maximum atomic E-state index is 9.25. The van der Waals surface area contributed by atoms with Crippen molar-refractivity contribution >= 4 is 23.8 Å². The predicted octanol–water partition coefficient (Wildman–Crippen LogP) is 7.97. The molecule has 0 amide bonds. The third kappa shape index (κ3) is 7.18. The first-order valence-electron chi connectivity index (χ1n) is 10.7. The monoisotopic (exact) mass is 421 g/mol. The van der Waals surface area contributed by atoms with Gasteiger partial charge in [-0.25, -0.2) is 0 Å². The first kappa shape index (κ1) is 24.5. The van der Waals surface area contributed by atoms with Gasteiger partial charge in [0.1, 0.15) is 6.07 Å². The van der Waals surface area contributed by atoms with Crippen LogP contribution in [0.25, 0.3) is 0 Å². The van der Waals surface area contributed by atoms with Crippen molar-refractivity contribution in [1.82, 2.24) is 0 Å². The van der Waals surface area contributed by atoms with Gasteiger partial charge in [-0.3, -0.25) is 9.98 Å². The molecule has 2 rings (SSSR count). The van der Waals surface area contributed by atoms with E-state index >= 15 is 0 Å². The van der Waals surface area contributed by atoms with E-state index in [-0.39, 0.29) is 5.41 Å². The van der Waals surface area contributed by atoms with Crippen molar-refractivity contribution in [3.05, 3.63) is 107 Å². The summed E-state index contributed by atoms with van der Waals surface area (Å²) in [4.78, 5) is 9.20. The second kappa shape index (κ2) is 12.2. The summed E-state index contributed by atoms with van der Waals surface area (Å²) in [6.07, 6.45) is 15.6. The molecule has 0 atom stereocenters. The average Bonchev–Trinajstić information content (AvgIpc) is 2.78. The lowest BCUT2D eigenvalue weighted by molar-refractivity contribution is 0.591. The number of hydrogen-bond acceptors (Lipinski definition) is 3. The zero-order valence-corrected chi connectivity index (χ0v) is 19.6. The molecule has 0 saturated carbocycles. The molecule has 0 aliphatic carbocycles. The van der Waals surface area contributed by atoms with Crippen LogP contribution in [0.3, 0.4) is 0 Å². The molecule has 0 heterocycles. The van der Waals surface area contributed by atoms with E-state index < -0.39 is 0 Å². The zero-order valence-electron chi connectivity index (χ0n) is 19.6. The van der Waals surface area contributed by atoms with Crippen LogP contribution in [0.15, 0.2) is 106 Å². The lowest BCUT2D eigenvalue weighted by Crippen LogP contribution is -2.10. The number of para-hydroxylation sites is 2. The first-order chi connectivity index (χ1) is 15.4. The van der Waals surface area contributed by atoms with Crippen LogP contribution in [0.1, 0.15) is 45.7 Å². The highest BCUT2D eigenvalue weighted by atomic mass is 14.7. The van der Waals surface area contributed by atoms with E-state index in [2.05, 4.69) is 44.0 Å². The molecule has 162 valence electrons. The van der Waals surface area contributed by atoms with E-state index in [0.29, 0.717) is 11.3 Å². The number of allylic oxidation sites excluding steroid dienone is 8. The molecule has 2 aromatic carbocycles. The number of nitrogens with zero attached hydrogens (tertiary/aromatic N) is 3. The molecule has 0 saturated heterocycles. The largest absolute Gasteiger partial charge is 0.257 e. The van der Waals surface area contributed by atoms with E-state index in [0.717, 1.165) is 16.8 Å². The van der Waals surface area contributed by atoms with Gasteiger partial charge in [0.15, 0.2) is 0 Å². The fraction of sp³-hybridized carbons (Fsp3) is 0.207. The SMILES string of the molecule is C\C=C/C(=C/C=Nc1ccccc1C(C)(C)C)C(/C=C\C)=C/C=Nc1ccccc1C#N. The van der Waals surface area contributed by atoms with Gasteiger partial charge < -0.3 is 0 Å². The third-order valence-corrected chi connectivity index (χ3v) is 4.70. The molecule has 0 bridgehead atoms. The maximum Gasteiger partial charge on any atom is 0.101 e. The highest BCUT2D eigenvalue weighted by Crippen LogP contribution is 2.31. The van der Waals surface area contributed by atoms with E-state index in [9.17, 15) is 5.26 Å². The predicted molar refractivity (Wildman–Crippen MR) is 138 cm³/mol. The maximum absolute atomic E-state index is 9.25. The second-order valence-corrected chi connectivity index (χ2v) is 8.20. The molecule has 2 aromatic rings. The molecule has 0 N–H and O–H groups in total. The molecule has 0 radical (unpaired) electrons. The van der Waals surface area contributed by atoms with Gasteiger partial charge in [-0.1, -0.05) is 75.4 Å². The van der Waals surface area contributed by atoms with Crippen molar-refractivity contribution in [2.24, 2.45) is 9.98 Å². The topological polar surface area (TPSA) is 48.5 Å². The van der Waals surface area contributed by atoms with Gasteiger partial charge in [0.2, 0.25) is 0 Å². The Balaban J connectivity index is 2.38. The minimum absolute atomic E-state index is 0.0238. The summed E-state index contributed by atoms with van der Waals surface area (Å²) < 4.78 is 0. The van der Waals surface area contributed by atoms with Gasteiger partial charge in [0.25, 0.3) is 0 Å². The number of rotatable bonds is 7. The first-order valence-corrected chi connectivity index (χ1v) is 10.7. The summed E-state index contributed by atoms with van der Waals surface area (Å²) in [5.74, 6) is 0. The standard InChI is InChI=1S/C29H31N3/c1-6-12-23(18-20-31-27-16-10-8-14-25(27)22-30)24(13-7-2)19-21-32-28-17-11-9-15-26(28)29(3,4)5/h6-21H,1-5H3/b12-6-,13-7-,23-18+,24-19-,31-20?,32-21?. The number of nitriles is 1. The van der Waals surface area contributed by atoms with Crippen molar-refractivity contribution in [3.8, 4) is 6.07 Å². The zero-order chi connectivity index (χ0) is 23.4. The van der Waals surface area contributed by atoms with E-state index in [4.69, 9.17) is 4.99 Å². The molecule has 3 heteroatoms. The molecule has 0 aromatic heterocycles. The summed E-state index contributed by atoms with van der Waals surface area (Å²) in [5, 5.41) is 9.25. The minimum Gasteiger partial charge on any atom is -0.257 e. The Bertz CT molecular complexity index is 1130. The smallest absolute Gasteiger partial charge is 0.101 e. The summed E-state index contributed by atoms with van der Waals surface area (Å²) in [5.41, 5.74) is 5.44. The van der Waals surface area contributed by atoms with Crippen LogP contribution in [0.5, 0.6) is 0 Å². The fourth-order valence-electron chi connectivity index (χ4n) is 3.15. The highest BCUT2D eigenvalue weighted by Gasteiger charge is 2.16. The van der Waals surface area contributed by atoms with Gasteiger partial charge >= 0.3 is 0 Å². The Morgan fingerprint density at radius 2 is 1.28 bits per heavy atom. The van der Waals surface area contributed by atoms with Crippen molar-refractivity contribution in [2.75, 3.05) is 0 Å². The third-order valence-electron chi connectivity index (χ3n) is 4.70. The molecular weight excluding hydrogens is 390 g/mol. The molecule has 32 heavy (non-hydrogen) atoms. The quantitative estimate of drug-likeness (QED) is 0.330. The van der Waals surface area contributed by atoms with Gasteiger partial charge in [-0.15, -0.1) is 0 Å². The number of aliphatic imine (C=N–C) groups is 2. The Kier molecular flexibility index (Phi) is 9.32. The van der Waals surface area contributed by atoms with Crippen LogP contribution >= 0.6 is 0 Å². The van der Waals surface area contributed by atoms with Gasteiger partial charge in [-0.05, 0) is 66.3 Å². The Morgan fingerprint density at radius 1 is 0.781 bits per heavy atom. The minimum atomic E-state index is 0.0238. The summed E-state index contributed by atoms with van der Waals surface area (Å²) in [6, 6.07) is 17.7. The number of hydrogen-bond donors (Lipinski definition) is 0.